The molecule has 1 amide bonds. The fourth-order valence-electron chi connectivity index (χ4n) is 5.62. The fraction of sp³-hybridized carbons (Fsp3) is 0.308. The molecule has 2 aromatic heterocycles. The van der Waals surface area contributed by atoms with Crippen molar-refractivity contribution in [3.63, 3.8) is 0 Å². The summed E-state index contributed by atoms with van der Waals surface area (Å²) in [7, 11) is 3.72. The predicted molar refractivity (Wildman–Crippen MR) is 123 cm³/mol. The molecule has 4 heterocycles. The Hall–Kier alpha value is -3.54. The molecule has 1 fully saturated rings. The summed E-state index contributed by atoms with van der Waals surface area (Å²) >= 11 is 0. The highest BCUT2D eigenvalue weighted by molar-refractivity contribution is 5.89. The van der Waals surface area contributed by atoms with E-state index in [1.54, 1.807) is 7.11 Å². The monoisotopic (exact) mass is 426 g/mol. The van der Waals surface area contributed by atoms with E-state index in [9.17, 15) is 4.79 Å². The van der Waals surface area contributed by atoms with Gasteiger partial charge in [-0.2, -0.15) is 5.10 Å². The van der Waals surface area contributed by atoms with E-state index in [0.29, 0.717) is 6.42 Å². The van der Waals surface area contributed by atoms with Crippen molar-refractivity contribution >= 4 is 16.8 Å². The molecule has 6 rings (SSSR count). The Morgan fingerprint density at radius 3 is 2.75 bits per heavy atom. The Labute approximate surface area is 187 Å². The van der Waals surface area contributed by atoms with Crippen molar-refractivity contribution in [1.29, 1.82) is 0 Å². The number of aryl methyl sites for hydroxylation is 1. The first kappa shape index (κ1) is 19.2. The minimum atomic E-state index is 0.123. The number of carbonyl (C=O) groups is 1. The Morgan fingerprint density at radius 2 is 1.94 bits per heavy atom. The highest BCUT2D eigenvalue weighted by Gasteiger charge is 2.44. The molecule has 0 saturated carbocycles. The molecule has 2 aliphatic heterocycles. The topological polar surface area (TPSA) is 52.3 Å². The number of hydrogen-bond donors (Lipinski definition) is 0. The van der Waals surface area contributed by atoms with Gasteiger partial charge in [-0.25, -0.2) is 4.68 Å². The number of benzene rings is 2. The lowest BCUT2D eigenvalue weighted by Gasteiger charge is -2.35. The van der Waals surface area contributed by atoms with Crippen LogP contribution in [0, 0.1) is 0 Å². The summed E-state index contributed by atoms with van der Waals surface area (Å²) in [5, 5.41) is 5.87. The van der Waals surface area contributed by atoms with Gasteiger partial charge in [0.15, 0.2) is 0 Å². The molecule has 2 atom stereocenters. The van der Waals surface area contributed by atoms with E-state index in [0.717, 1.165) is 36.3 Å². The Morgan fingerprint density at radius 1 is 1.12 bits per heavy atom. The van der Waals surface area contributed by atoms with Crippen LogP contribution in [0.3, 0.4) is 0 Å². The fourth-order valence-corrected chi connectivity index (χ4v) is 5.62. The number of amides is 1. The SMILES string of the molecule is COc1ccc(-n2ncc3c2CC2CCC3N2C(=O)Cc2cn(C)c3ccccc23)cc1. The lowest BCUT2D eigenvalue weighted by atomic mass is 9.98. The third kappa shape index (κ3) is 2.86. The second kappa shape index (κ2) is 7.26. The molecule has 32 heavy (non-hydrogen) atoms. The van der Waals surface area contributed by atoms with Crippen LogP contribution >= 0.6 is 0 Å². The first-order valence-corrected chi connectivity index (χ1v) is 11.2. The molecule has 2 aliphatic rings. The van der Waals surface area contributed by atoms with Crippen molar-refractivity contribution in [3.05, 3.63) is 77.7 Å². The summed E-state index contributed by atoms with van der Waals surface area (Å²) in [6.45, 7) is 0. The van der Waals surface area contributed by atoms with Gasteiger partial charge in [0.1, 0.15) is 5.75 Å². The number of rotatable bonds is 4. The van der Waals surface area contributed by atoms with E-state index in [1.807, 2.05) is 54.3 Å². The van der Waals surface area contributed by atoms with Gasteiger partial charge < -0.3 is 14.2 Å². The molecule has 0 spiro atoms. The van der Waals surface area contributed by atoms with Crippen LogP contribution in [-0.4, -0.2) is 38.3 Å². The van der Waals surface area contributed by atoms with Crippen LogP contribution in [0.1, 0.15) is 35.7 Å². The van der Waals surface area contributed by atoms with Gasteiger partial charge in [0.05, 0.1) is 37.2 Å². The molecular weight excluding hydrogens is 400 g/mol. The normalized spacial score (nSPS) is 19.4. The largest absolute Gasteiger partial charge is 0.497 e. The maximum absolute atomic E-state index is 13.5. The zero-order valence-electron chi connectivity index (χ0n) is 18.4. The second-order valence-corrected chi connectivity index (χ2v) is 8.87. The van der Waals surface area contributed by atoms with Gasteiger partial charge in [-0.1, -0.05) is 18.2 Å². The molecule has 4 aromatic rings. The quantitative estimate of drug-likeness (QED) is 0.491. The summed E-state index contributed by atoms with van der Waals surface area (Å²) in [5.41, 5.74) is 5.73. The van der Waals surface area contributed by atoms with Crippen LogP contribution in [0.2, 0.25) is 0 Å². The lowest BCUT2D eigenvalue weighted by Crippen LogP contribution is -2.42. The molecule has 6 nitrogen and oxygen atoms in total. The number of hydrogen-bond acceptors (Lipinski definition) is 3. The van der Waals surface area contributed by atoms with E-state index in [2.05, 4.69) is 27.8 Å². The van der Waals surface area contributed by atoms with Crippen molar-refractivity contribution in [2.45, 2.75) is 37.8 Å². The summed E-state index contributed by atoms with van der Waals surface area (Å²) in [4.78, 5) is 15.7. The highest BCUT2D eigenvalue weighted by atomic mass is 16.5. The van der Waals surface area contributed by atoms with Gasteiger partial charge in [-0.3, -0.25) is 4.79 Å². The number of para-hydroxylation sites is 1. The van der Waals surface area contributed by atoms with Gasteiger partial charge in [-0.05, 0) is 48.7 Å². The van der Waals surface area contributed by atoms with E-state index >= 15 is 0 Å². The first-order chi connectivity index (χ1) is 15.6. The molecule has 6 heteroatoms. The van der Waals surface area contributed by atoms with Crippen molar-refractivity contribution in [2.75, 3.05) is 7.11 Å². The number of methoxy groups -OCH3 is 1. The van der Waals surface area contributed by atoms with E-state index < -0.39 is 0 Å². The second-order valence-electron chi connectivity index (χ2n) is 8.87. The van der Waals surface area contributed by atoms with Crippen molar-refractivity contribution in [1.82, 2.24) is 19.2 Å². The molecule has 0 N–H and O–H groups in total. The minimum Gasteiger partial charge on any atom is -0.497 e. The molecule has 162 valence electrons. The van der Waals surface area contributed by atoms with Gasteiger partial charge in [-0.15, -0.1) is 0 Å². The van der Waals surface area contributed by atoms with Crippen LogP contribution in [0.5, 0.6) is 5.75 Å². The number of ether oxygens (including phenoxy) is 1. The van der Waals surface area contributed by atoms with Crippen LogP contribution in [0.25, 0.3) is 16.6 Å². The summed E-state index contributed by atoms with van der Waals surface area (Å²) < 4.78 is 9.43. The Balaban J connectivity index is 1.30. The Kier molecular flexibility index (Phi) is 4.35. The zero-order chi connectivity index (χ0) is 21.8. The number of fused-ring (bicyclic) bond motifs is 5. The van der Waals surface area contributed by atoms with E-state index in [1.165, 1.54) is 22.2 Å². The molecule has 0 aliphatic carbocycles. The maximum Gasteiger partial charge on any atom is 0.227 e. The number of carbonyl (C=O) groups excluding carboxylic acids is 1. The summed E-state index contributed by atoms with van der Waals surface area (Å²) in [6.07, 6.45) is 7.40. The average Bonchev–Trinajstić information content (AvgIpc) is 3.48. The van der Waals surface area contributed by atoms with Crippen molar-refractivity contribution < 1.29 is 9.53 Å². The predicted octanol–water partition coefficient (Wildman–Crippen LogP) is 4.20. The van der Waals surface area contributed by atoms with Crippen LogP contribution in [0.15, 0.2) is 60.9 Å². The van der Waals surface area contributed by atoms with E-state index in [4.69, 9.17) is 9.84 Å². The van der Waals surface area contributed by atoms with Crippen LogP contribution in [-0.2, 0) is 24.7 Å². The minimum absolute atomic E-state index is 0.123. The van der Waals surface area contributed by atoms with Gasteiger partial charge in [0.2, 0.25) is 5.91 Å². The lowest BCUT2D eigenvalue weighted by molar-refractivity contribution is -0.134. The molecule has 0 radical (unpaired) electrons. The molecule has 2 unspecified atom stereocenters. The number of nitrogens with zero attached hydrogens (tertiary/aromatic N) is 4. The summed E-state index contributed by atoms with van der Waals surface area (Å²) in [6, 6.07) is 16.6. The van der Waals surface area contributed by atoms with Gasteiger partial charge in [0, 0.05) is 42.2 Å². The first-order valence-electron chi connectivity index (χ1n) is 11.2. The Bertz CT molecular complexity index is 1320. The smallest absolute Gasteiger partial charge is 0.227 e. The number of aromatic nitrogens is 3. The van der Waals surface area contributed by atoms with E-state index in [-0.39, 0.29) is 18.0 Å². The van der Waals surface area contributed by atoms with Crippen molar-refractivity contribution in [3.8, 4) is 11.4 Å². The third-order valence-corrected chi connectivity index (χ3v) is 7.12. The summed E-state index contributed by atoms with van der Waals surface area (Å²) in [5.74, 6) is 1.05. The van der Waals surface area contributed by atoms with Crippen LogP contribution < -0.4 is 4.74 Å². The zero-order valence-corrected chi connectivity index (χ0v) is 18.4. The standard InChI is InChI=1S/C26H26N4O2/c1-28-16-17(21-5-3-4-6-23(21)28)13-26(31)29-19-9-12-24(29)22-15-27-30(25(22)14-19)18-7-10-20(32-2)11-8-18/h3-8,10-11,15-16,19,24H,9,12-14H2,1-2H3. The molecular formula is C26H26N4O2. The third-order valence-electron chi connectivity index (χ3n) is 7.12. The molecule has 2 aromatic carbocycles. The van der Waals surface area contributed by atoms with Gasteiger partial charge in [0.25, 0.3) is 0 Å². The van der Waals surface area contributed by atoms with Crippen molar-refractivity contribution in [2.24, 2.45) is 7.05 Å². The van der Waals surface area contributed by atoms with Crippen LogP contribution in [0.4, 0.5) is 0 Å². The van der Waals surface area contributed by atoms with Gasteiger partial charge >= 0.3 is 0 Å². The average molecular weight is 427 g/mol. The molecule has 1 saturated heterocycles. The molecule has 2 bridgehead atoms. The maximum atomic E-state index is 13.5. The highest BCUT2D eigenvalue weighted by Crippen LogP contribution is 2.44.